The van der Waals surface area contributed by atoms with Crippen LogP contribution in [-0.4, -0.2) is 43.3 Å². The monoisotopic (exact) mass is 550 g/mol. The van der Waals surface area contributed by atoms with Gasteiger partial charge in [0.05, 0.1) is 0 Å². The van der Waals surface area contributed by atoms with Crippen molar-refractivity contribution in [2.45, 2.75) is 129 Å². The summed E-state index contributed by atoms with van der Waals surface area (Å²) < 4.78 is 3.25. The minimum absolute atomic E-state index is 0.149. The van der Waals surface area contributed by atoms with Gasteiger partial charge in [-0.1, -0.05) is 55.4 Å². The molecule has 0 aromatic rings. The first-order valence-corrected chi connectivity index (χ1v) is 16.2. The third-order valence-electron chi connectivity index (χ3n) is 4.38. The predicted octanol–water partition coefficient (Wildman–Crippen LogP) is 8.19. The van der Waals surface area contributed by atoms with Crippen LogP contribution in [0.4, 0.5) is 0 Å². The molecule has 0 aliphatic carbocycles. The summed E-state index contributed by atoms with van der Waals surface area (Å²) in [6.07, 6.45) is 8.36. The van der Waals surface area contributed by atoms with Crippen molar-refractivity contribution in [2.75, 3.05) is 0 Å². The van der Waals surface area contributed by atoms with Crippen molar-refractivity contribution in [2.24, 2.45) is 22.7 Å². The molecule has 4 nitrogen and oxygen atoms in total. The zero-order valence-electron chi connectivity index (χ0n) is 22.4. The van der Waals surface area contributed by atoms with Crippen LogP contribution in [0.2, 0.25) is 8.87 Å². The summed E-state index contributed by atoms with van der Waals surface area (Å²) in [6.45, 7) is 21.3. The maximum atomic E-state index is 10.3. The van der Waals surface area contributed by atoms with Crippen LogP contribution < -0.4 is 0 Å². The number of rotatable bonds is 12. The molecule has 0 amide bonds. The molecule has 186 valence electrons. The average Bonchev–Trinajstić information content (AvgIpc) is 2.50. The van der Waals surface area contributed by atoms with Crippen molar-refractivity contribution in [3.63, 3.8) is 0 Å². The summed E-state index contributed by atoms with van der Waals surface area (Å²) in [5, 5.41) is 17.0. The van der Waals surface area contributed by atoms with Gasteiger partial charge in [-0.2, -0.15) is 0 Å². The topological polar surface area (TPSA) is 74.6 Å². The van der Waals surface area contributed by atoms with Crippen molar-refractivity contribution >= 4 is 33.1 Å². The van der Waals surface area contributed by atoms with Gasteiger partial charge < -0.3 is 10.2 Å². The fourth-order valence-electron chi connectivity index (χ4n) is 3.56. The Labute approximate surface area is 204 Å². The van der Waals surface area contributed by atoms with E-state index in [2.05, 4.69) is 55.4 Å². The van der Waals surface area contributed by atoms with Crippen LogP contribution >= 0.6 is 0 Å². The number of hydrogen-bond acceptors (Lipinski definition) is 2. The summed E-state index contributed by atoms with van der Waals surface area (Å²) in [4.78, 5) is 20.6. The van der Waals surface area contributed by atoms with Gasteiger partial charge in [-0.3, -0.25) is 9.59 Å². The number of unbranched alkanes of at least 4 members (excludes halogenated alkanes) is 2. The fraction of sp³-hybridized carbons (Fsp3) is 0.923. The van der Waals surface area contributed by atoms with Crippen LogP contribution in [0.25, 0.3) is 0 Å². The summed E-state index contributed by atoms with van der Waals surface area (Å²) in [5.74, 6) is -0.816. The van der Waals surface area contributed by atoms with E-state index < -0.39 is 11.9 Å². The second-order valence-corrected chi connectivity index (χ2v) is 15.7. The zero-order chi connectivity index (χ0) is 25.1. The van der Waals surface area contributed by atoms with Crippen molar-refractivity contribution in [3.8, 4) is 0 Å². The molecule has 5 heteroatoms. The third kappa shape index (κ3) is 40.6. The van der Waals surface area contributed by atoms with Crippen molar-refractivity contribution in [1.82, 2.24) is 0 Å². The van der Waals surface area contributed by atoms with Crippen molar-refractivity contribution < 1.29 is 19.8 Å². The first-order chi connectivity index (χ1) is 14.0. The normalized spacial score (nSPS) is 13.2. The Morgan fingerprint density at radius 3 is 1.19 bits per heavy atom. The summed E-state index contributed by atoms with van der Waals surface area (Å²) in [6, 6.07) is 0. The molecule has 0 bridgehead atoms. The molecule has 0 aromatic heterocycles. The third-order valence-corrected chi connectivity index (χ3v) is 8.42. The molecule has 2 N–H and O–H groups in total. The fourth-order valence-corrected chi connectivity index (χ4v) is 7.72. The van der Waals surface area contributed by atoms with Gasteiger partial charge >= 0.3 is 81.5 Å². The standard InChI is InChI=1S/2C9H18O2.2C4H9.Sn/c2*1-7(5-8(10)11)6-9(2,3)4;2*1-3-4-2;/h2*7H,5-6H2,1-4H3,(H,10,11);2*1,3-4H2,2H3;. The molecule has 0 aromatic carbocycles. The molecule has 0 spiro atoms. The molecule has 0 aliphatic heterocycles. The number of carboxylic acid groups (broad SMARTS) is 2. The second kappa shape index (κ2) is 20.4. The van der Waals surface area contributed by atoms with Gasteiger partial charge in [0.1, 0.15) is 0 Å². The van der Waals surface area contributed by atoms with E-state index >= 15 is 0 Å². The van der Waals surface area contributed by atoms with Gasteiger partial charge in [0, 0.05) is 12.8 Å². The van der Waals surface area contributed by atoms with Gasteiger partial charge in [-0.15, -0.1) is 0 Å². The van der Waals surface area contributed by atoms with Crippen molar-refractivity contribution in [3.05, 3.63) is 0 Å². The van der Waals surface area contributed by atoms with Crippen molar-refractivity contribution in [1.29, 1.82) is 0 Å². The van der Waals surface area contributed by atoms with E-state index in [0.717, 1.165) is 12.8 Å². The van der Waals surface area contributed by atoms with E-state index in [1.165, 1.54) is 25.7 Å². The SMILES string of the molecule is CC(CC(=O)O)CC(C)(C)C.CC(CC(=O)O)CC(C)(C)C.CCC[CH2][Sn][CH2]CCC. The Kier molecular flexibility index (Phi) is 23.2. The molecule has 2 radical (unpaired) electrons. The van der Waals surface area contributed by atoms with Gasteiger partial charge in [-0.25, -0.2) is 0 Å². The molecule has 0 heterocycles. The van der Waals surface area contributed by atoms with Gasteiger partial charge in [-0.05, 0) is 35.5 Å². The molecule has 0 saturated heterocycles. The molecular weight excluding hydrogens is 495 g/mol. The minimum atomic E-state index is -0.693. The van der Waals surface area contributed by atoms with E-state index in [4.69, 9.17) is 10.2 Å². The number of carbonyl (C=O) groups is 2. The molecule has 0 fully saturated rings. The van der Waals surface area contributed by atoms with Crippen LogP contribution in [0.3, 0.4) is 0 Å². The Balaban J connectivity index is -0.000000382. The molecule has 2 atom stereocenters. The van der Waals surface area contributed by atoms with E-state index in [0.29, 0.717) is 0 Å². The van der Waals surface area contributed by atoms with Crippen LogP contribution in [0.15, 0.2) is 0 Å². The summed E-state index contributed by atoms with van der Waals surface area (Å²) in [7, 11) is 0. The summed E-state index contributed by atoms with van der Waals surface area (Å²) in [5.41, 5.74) is 0.490. The van der Waals surface area contributed by atoms with Crippen LogP contribution in [0.5, 0.6) is 0 Å². The molecule has 0 rings (SSSR count). The second-order valence-electron chi connectivity index (χ2n) is 11.4. The molecule has 31 heavy (non-hydrogen) atoms. The van der Waals surface area contributed by atoms with Gasteiger partial charge in [0.2, 0.25) is 0 Å². The zero-order valence-corrected chi connectivity index (χ0v) is 25.3. The molecule has 0 saturated carbocycles. The Morgan fingerprint density at radius 1 is 0.710 bits per heavy atom. The Hall–Kier alpha value is -0.261. The van der Waals surface area contributed by atoms with Crippen LogP contribution in [0, 0.1) is 22.7 Å². The maximum absolute atomic E-state index is 10.3. The predicted molar refractivity (Wildman–Crippen MR) is 136 cm³/mol. The molecular formula is C26H54O4Sn. The van der Waals surface area contributed by atoms with Crippen LogP contribution in [0.1, 0.15) is 121 Å². The summed E-state index contributed by atoms with van der Waals surface area (Å²) >= 11 is 0.149. The Bertz CT molecular complexity index is 396. The van der Waals surface area contributed by atoms with E-state index in [9.17, 15) is 9.59 Å². The number of hydrogen-bond donors (Lipinski definition) is 2. The van der Waals surface area contributed by atoms with Gasteiger partial charge in [0.15, 0.2) is 0 Å². The van der Waals surface area contributed by atoms with Crippen LogP contribution in [-0.2, 0) is 9.59 Å². The van der Waals surface area contributed by atoms with E-state index in [1.54, 1.807) is 8.87 Å². The molecule has 0 aliphatic rings. The van der Waals surface area contributed by atoms with E-state index in [-0.39, 0.29) is 56.6 Å². The number of aliphatic carboxylic acids is 2. The quantitative estimate of drug-likeness (QED) is 0.190. The molecule has 2 unspecified atom stereocenters. The number of carboxylic acids is 2. The van der Waals surface area contributed by atoms with Gasteiger partial charge in [0.25, 0.3) is 0 Å². The average molecular weight is 549 g/mol. The first kappa shape index (κ1) is 35.3. The first-order valence-electron chi connectivity index (χ1n) is 12.2. The van der Waals surface area contributed by atoms with E-state index in [1.807, 2.05) is 13.8 Å². The Morgan fingerprint density at radius 2 is 1.00 bits per heavy atom.